The molecule has 0 bridgehead atoms. The molecular formula is C33H41F4N5O2. The minimum Gasteiger partial charge on any atom is -0.342 e. The van der Waals surface area contributed by atoms with Crippen LogP contribution in [0, 0.1) is 23.1 Å². The van der Waals surface area contributed by atoms with Crippen LogP contribution in [0.15, 0.2) is 48.5 Å². The fourth-order valence-electron chi connectivity index (χ4n) is 6.28. The molecule has 7 nitrogen and oxygen atoms in total. The Kier molecular flexibility index (Phi) is 12.0. The third-order valence-electron chi connectivity index (χ3n) is 8.63. The molecule has 2 aromatic carbocycles. The molecule has 5 rings (SSSR count). The first-order valence-electron chi connectivity index (χ1n) is 15.6. The molecule has 44 heavy (non-hydrogen) atoms. The van der Waals surface area contributed by atoms with Gasteiger partial charge in [0.1, 0.15) is 5.82 Å². The zero-order valence-corrected chi connectivity index (χ0v) is 25.0. The Morgan fingerprint density at radius 3 is 2.27 bits per heavy atom. The monoisotopic (exact) mass is 615 g/mol. The van der Waals surface area contributed by atoms with Gasteiger partial charge in [0.05, 0.1) is 23.1 Å². The second-order valence-corrected chi connectivity index (χ2v) is 11.8. The lowest BCUT2D eigenvalue weighted by Gasteiger charge is -2.38. The molecule has 238 valence electrons. The van der Waals surface area contributed by atoms with Gasteiger partial charge in [-0.2, -0.15) is 18.4 Å². The van der Waals surface area contributed by atoms with Crippen LogP contribution in [-0.4, -0.2) is 71.9 Å². The molecule has 3 aliphatic rings. The van der Waals surface area contributed by atoms with Crippen molar-refractivity contribution >= 4 is 17.6 Å². The van der Waals surface area contributed by atoms with Crippen LogP contribution in [0.3, 0.4) is 0 Å². The van der Waals surface area contributed by atoms with Crippen LogP contribution < -0.4 is 5.32 Å². The van der Waals surface area contributed by atoms with E-state index in [1.54, 1.807) is 17.0 Å². The van der Waals surface area contributed by atoms with E-state index < -0.39 is 23.6 Å². The molecule has 2 heterocycles. The molecular weight excluding hydrogens is 574 g/mol. The number of nitrogens with zero attached hydrogens (tertiary/aromatic N) is 4. The van der Waals surface area contributed by atoms with Gasteiger partial charge in [0.25, 0.3) is 0 Å². The van der Waals surface area contributed by atoms with Gasteiger partial charge >= 0.3 is 12.2 Å². The summed E-state index contributed by atoms with van der Waals surface area (Å²) in [5, 5.41) is 10.9. The maximum Gasteiger partial charge on any atom is 0.419 e. The number of rotatable bonds is 6. The standard InChI is InChI=1S/C26H36F4N4O2.C7H5N/c27-23-11-10-20(17-22(23)26(28,29)30)31-25(36)34(21-8-2-1-3-9-21)16-15-32-12-6-7-19(18-32)24(35)33-13-4-5-14-33;8-6-7-4-2-1-3-5-7/h10-11,17,19,21H,1-9,12-16,18H2,(H,31,36);1-5H. The van der Waals surface area contributed by atoms with Crippen molar-refractivity contribution in [1.29, 1.82) is 5.26 Å². The summed E-state index contributed by atoms with van der Waals surface area (Å²) in [4.78, 5) is 32.0. The second kappa shape index (κ2) is 15.9. The third kappa shape index (κ3) is 9.42. The fourth-order valence-corrected chi connectivity index (χ4v) is 6.28. The first-order valence-corrected chi connectivity index (χ1v) is 15.6. The summed E-state index contributed by atoms with van der Waals surface area (Å²) in [7, 11) is 0. The maximum atomic E-state index is 13.7. The number of hydrogen-bond donors (Lipinski definition) is 1. The molecule has 2 saturated heterocycles. The number of nitrogens with one attached hydrogen (secondary N) is 1. The van der Waals surface area contributed by atoms with Crippen molar-refractivity contribution in [2.75, 3.05) is 44.6 Å². The summed E-state index contributed by atoms with van der Waals surface area (Å²) in [6.07, 6.45) is 3.88. The maximum absolute atomic E-state index is 13.7. The largest absolute Gasteiger partial charge is 0.419 e. The number of piperidine rings is 1. The van der Waals surface area contributed by atoms with E-state index in [4.69, 9.17) is 5.26 Å². The fraction of sp³-hybridized carbons (Fsp3) is 0.545. The van der Waals surface area contributed by atoms with Crippen LogP contribution in [0.25, 0.3) is 0 Å². The van der Waals surface area contributed by atoms with Crippen molar-refractivity contribution < 1.29 is 27.2 Å². The Bertz CT molecular complexity index is 1270. The minimum absolute atomic E-state index is 0.00750. The van der Waals surface area contributed by atoms with Crippen molar-refractivity contribution in [2.24, 2.45) is 5.92 Å². The van der Waals surface area contributed by atoms with E-state index >= 15 is 0 Å². The predicted molar refractivity (Wildman–Crippen MR) is 160 cm³/mol. The van der Waals surface area contributed by atoms with E-state index in [9.17, 15) is 27.2 Å². The highest BCUT2D eigenvalue weighted by Crippen LogP contribution is 2.33. The molecule has 0 radical (unpaired) electrons. The number of urea groups is 1. The summed E-state index contributed by atoms with van der Waals surface area (Å²) in [5.74, 6) is -1.16. The second-order valence-electron chi connectivity index (χ2n) is 11.8. The average molecular weight is 616 g/mol. The summed E-state index contributed by atoms with van der Waals surface area (Å²) in [5.41, 5.74) is -0.761. The summed E-state index contributed by atoms with van der Waals surface area (Å²) < 4.78 is 53.1. The highest BCUT2D eigenvalue weighted by molar-refractivity contribution is 5.89. The third-order valence-corrected chi connectivity index (χ3v) is 8.63. The number of alkyl halides is 3. The minimum atomic E-state index is -4.84. The Balaban J connectivity index is 0.000000479. The topological polar surface area (TPSA) is 79.7 Å². The molecule has 1 aliphatic carbocycles. The van der Waals surface area contributed by atoms with Gasteiger partial charge in [0.15, 0.2) is 0 Å². The number of amides is 3. The van der Waals surface area contributed by atoms with Crippen LogP contribution in [0.5, 0.6) is 0 Å². The quantitative estimate of drug-likeness (QED) is 0.359. The predicted octanol–water partition coefficient (Wildman–Crippen LogP) is 6.90. The number of likely N-dealkylation sites (tertiary alicyclic amines) is 2. The Hall–Kier alpha value is -3.65. The highest BCUT2D eigenvalue weighted by Gasteiger charge is 2.35. The molecule has 1 atom stereocenters. The summed E-state index contributed by atoms with van der Waals surface area (Å²) >= 11 is 0. The highest BCUT2D eigenvalue weighted by atomic mass is 19.4. The van der Waals surface area contributed by atoms with Gasteiger partial charge in [-0.3, -0.25) is 4.79 Å². The Labute approximate surface area is 256 Å². The van der Waals surface area contributed by atoms with Crippen LogP contribution in [0.4, 0.5) is 28.0 Å². The first kappa shape index (κ1) is 33.2. The molecule has 1 saturated carbocycles. The Morgan fingerprint density at radius 1 is 0.932 bits per heavy atom. The summed E-state index contributed by atoms with van der Waals surface area (Å²) in [6.45, 7) is 4.23. The molecule has 3 fully saturated rings. The average Bonchev–Trinajstić information content (AvgIpc) is 3.58. The zero-order valence-electron chi connectivity index (χ0n) is 25.0. The van der Waals surface area contributed by atoms with Gasteiger partial charge in [-0.05, 0) is 75.4 Å². The first-order chi connectivity index (χ1) is 21.2. The smallest absolute Gasteiger partial charge is 0.342 e. The Morgan fingerprint density at radius 2 is 1.64 bits per heavy atom. The van der Waals surface area contributed by atoms with Crippen molar-refractivity contribution in [1.82, 2.24) is 14.7 Å². The van der Waals surface area contributed by atoms with Crippen LogP contribution >= 0.6 is 0 Å². The SMILES string of the molecule is N#Cc1ccccc1.O=C(C1CCCN(CCN(C(=O)Nc2ccc(F)c(C(F)(F)F)c2)C2CCCCC2)C1)N1CCCC1. The van der Waals surface area contributed by atoms with Gasteiger partial charge in [-0.25, -0.2) is 9.18 Å². The van der Waals surface area contributed by atoms with Crippen LogP contribution in [0.1, 0.15) is 68.9 Å². The molecule has 1 N–H and O–H groups in total. The number of hydrogen-bond acceptors (Lipinski definition) is 4. The van der Waals surface area contributed by atoms with E-state index in [0.29, 0.717) is 31.3 Å². The van der Waals surface area contributed by atoms with Gasteiger partial charge in [0.2, 0.25) is 5.91 Å². The molecule has 11 heteroatoms. The van der Waals surface area contributed by atoms with Crippen molar-refractivity contribution in [3.8, 4) is 6.07 Å². The number of carbonyl (C=O) groups is 2. The number of carbonyl (C=O) groups excluding carboxylic acids is 2. The van der Waals surface area contributed by atoms with E-state index in [1.165, 1.54) is 0 Å². The van der Waals surface area contributed by atoms with E-state index in [2.05, 4.69) is 10.2 Å². The number of anilines is 1. The molecule has 1 unspecified atom stereocenters. The van der Waals surface area contributed by atoms with Gasteiger partial charge in [-0.1, -0.05) is 37.5 Å². The van der Waals surface area contributed by atoms with Crippen LogP contribution in [-0.2, 0) is 11.0 Å². The molecule has 2 aliphatic heterocycles. The van der Waals surface area contributed by atoms with Gasteiger partial charge in [-0.15, -0.1) is 0 Å². The lowest BCUT2D eigenvalue weighted by molar-refractivity contribution is -0.140. The zero-order chi connectivity index (χ0) is 31.5. The molecule has 2 aromatic rings. The lowest BCUT2D eigenvalue weighted by Crippen LogP contribution is -2.50. The number of halogens is 4. The van der Waals surface area contributed by atoms with E-state index in [-0.39, 0.29) is 23.6 Å². The van der Waals surface area contributed by atoms with E-state index in [0.717, 1.165) is 89.6 Å². The lowest BCUT2D eigenvalue weighted by atomic mass is 9.94. The summed E-state index contributed by atoms with van der Waals surface area (Å²) in [6, 6.07) is 13.2. The normalized spacial score (nSPS) is 19.4. The number of benzene rings is 2. The molecule has 0 spiro atoms. The van der Waals surface area contributed by atoms with Crippen LogP contribution in [0.2, 0.25) is 0 Å². The van der Waals surface area contributed by atoms with Gasteiger partial charge in [0, 0.05) is 44.5 Å². The van der Waals surface area contributed by atoms with Crippen molar-refractivity contribution in [3.05, 3.63) is 65.5 Å². The van der Waals surface area contributed by atoms with Gasteiger partial charge < -0.3 is 20.0 Å². The van der Waals surface area contributed by atoms with Crippen molar-refractivity contribution in [2.45, 2.75) is 70.0 Å². The van der Waals surface area contributed by atoms with E-state index in [1.807, 2.05) is 29.2 Å². The molecule has 3 amide bonds. The van der Waals surface area contributed by atoms with Crippen molar-refractivity contribution in [3.63, 3.8) is 0 Å². The molecule has 0 aromatic heterocycles. The number of nitriles is 1.